The summed E-state index contributed by atoms with van der Waals surface area (Å²) in [6, 6.07) is 0. The fraction of sp³-hybridized carbons (Fsp3) is 0.333. The molecule has 0 atom stereocenters. The van der Waals surface area contributed by atoms with Gasteiger partial charge in [-0.1, -0.05) is 0 Å². The van der Waals surface area contributed by atoms with Crippen molar-refractivity contribution in [1.29, 1.82) is 0 Å². The quantitative estimate of drug-likeness (QED) is 0.639. The van der Waals surface area contributed by atoms with E-state index in [0.29, 0.717) is 0 Å². The van der Waals surface area contributed by atoms with Crippen molar-refractivity contribution < 1.29 is 13.2 Å². The van der Waals surface area contributed by atoms with E-state index >= 15 is 0 Å². The van der Waals surface area contributed by atoms with E-state index in [1.165, 1.54) is 14.1 Å². The van der Waals surface area contributed by atoms with Gasteiger partial charge in [0, 0.05) is 14.1 Å². The molecular formula is C6H6F3N3. The third kappa shape index (κ3) is 1.32. The molecule has 0 bridgehead atoms. The van der Waals surface area contributed by atoms with Crippen LogP contribution in [0.15, 0.2) is 0 Å². The average molecular weight is 177 g/mol. The summed E-state index contributed by atoms with van der Waals surface area (Å²) in [5.74, 6) is -3.86. The SMILES string of the molecule is CN(C)c1c(F)nnc(F)c1F. The van der Waals surface area contributed by atoms with Gasteiger partial charge in [0.25, 0.3) is 11.9 Å². The summed E-state index contributed by atoms with van der Waals surface area (Å²) in [6.07, 6.45) is 0. The molecule has 0 spiro atoms. The van der Waals surface area contributed by atoms with Crippen molar-refractivity contribution in [2.24, 2.45) is 0 Å². The third-order valence-electron chi connectivity index (χ3n) is 1.26. The minimum absolute atomic E-state index is 0.525. The first-order valence-electron chi connectivity index (χ1n) is 3.08. The van der Waals surface area contributed by atoms with Crippen LogP contribution in [0.3, 0.4) is 0 Å². The summed E-state index contributed by atoms with van der Waals surface area (Å²) in [5, 5.41) is 5.42. The number of anilines is 1. The highest BCUT2D eigenvalue weighted by Crippen LogP contribution is 2.19. The lowest BCUT2D eigenvalue weighted by molar-refractivity contribution is 0.436. The molecule has 0 aliphatic heterocycles. The van der Waals surface area contributed by atoms with E-state index in [2.05, 4.69) is 10.2 Å². The first-order chi connectivity index (χ1) is 5.54. The normalized spacial score (nSPS) is 10.1. The molecule has 0 amide bonds. The Bertz CT molecular complexity index is 300. The molecule has 0 radical (unpaired) electrons. The van der Waals surface area contributed by atoms with Crippen LogP contribution < -0.4 is 4.90 Å². The second kappa shape index (κ2) is 2.96. The van der Waals surface area contributed by atoms with Gasteiger partial charge in [-0.2, -0.15) is 13.2 Å². The van der Waals surface area contributed by atoms with E-state index in [-0.39, 0.29) is 0 Å². The lowest BCUT2D eigenvalue weighted by Gasteiger charge is -2.12. The Morgan fingerprint density at radius 2 is 1.50 bits per heavy atom. The van der Waals surface area contributed by atoms with Gasteiger partial charge in [-0.3, -0.25) is 0 Å². The predicted octanol–water partition coefficient (Wildman–Crippen LogP) is 0.960. The Hall–Kier alpha value is -1.33. The average Bonchev–Trinajstić information content (AvgIpc) is 1.97. The Kier molecular flexibility index (Phi) is 2.16. The first kappa shape index (κ1) is 8.76. The van der Waals surface area contributed by atoms with Crippen LogP contribution in [0.1, 0.15) is 0 Å². The van der Waals surface area contributed by atoms with E-state index in [4.69, 9.17) is 0 Å². The molecule has 1 aromatic heterocycles. The molecule has 12 heavy (non-hydrogen) atoms. The van der Waals surface area contributed by atoms with Crippen LogP contribution in [0.4, 0.5) is 18.9 Å². The van der Waals surface area contributed by atoms with Gasteiger partial charge in [-0.15, -0.1) is 10.2 Å². The number of aromatic nitrogens is 2. The van der Waals surface area contributed by atoms with Crippen LogP contribution in [-0.2, 0) is 0 Å². The van der Waals surface area contributed by atoms with Crippen LogP contribution in [0, 0.1) is 17.7 Å². The molecule has 0 saturated heterocycles. The molecule has 1 aromatic rings. The smallest absolute Gasteiger partial charge is 0.271 e. The van der Waals surface area contributed by atoms with Crippen molar-refractivity contribution in [2.45, 2.75) is 0 Å². The molecule has 0 N–H and O–H groups in total. The lowest BCUT2D eigenvalue weighted by Crippen LogP contribution is -2.16. The standard InChI is InChI=1S/C6H6F3N3/c1-12(2)4-3(7)5(8)10-11-6(4)9/h1-2H3. The van der Waals surface area contributed by atoms with Crippen LogP contribution in [0.5, 0.6) is 0 Å². The topological polar surface area (TPSA) is 29.0 Å². The lowest BCUT2D eigenvalue weighted by atomic mass is 10.4. The van der Waals surface area contributed by atoms with Crippen molar-refractivity contribution in [1.82, 2.24) is 10.2 Å². The number of hydrogen-bond acceptors (Lipinski definition) is 3. The zero-order valence-electron chi connectivity index (χ0n) is 6.48. The largest absolute Gasteiger partial charge is 0.371 e. The number of hydrogen-bond donors (Lipinski definition) is 0. The van der Waals surface area contributed by atoms with Gasteiger partial charge < -0.3 is 4.90 Å². The molecule has 0 aliphatic carbocycles. The van der Waals surface area contributed by atoms with Gasteiger partial charge in [-0.05, 0) is 0 Å². The zero-order chi connectivity index (χ0) is 9.30. The van der Waals surface area contributed by atoms with Gasteiger partial charge in [0.1, 0.15) is 5.69 Å². The highest BCUT2D eigenvalue weighted by atomic mass is 19.2. The number of halogens is 3. The Labute approximate surface area is 66.8 Å². The second-order valence-electron chi connectivity index (χ2n) is 2.34. The molecule has 0 aliphatic rings. The van der Waals surface area contributed by atoms with E-state index in [9.17, 15) is 13.2 Å². The van der Waals surface area contributed by atoms with Crippen LogP contribution in [0.25, 0.3) is 0 Å². The minimum atomic E-state index is -1.40. The Morgan fingerprint density at radius 3 is 1.92 bits per heavy atom. The zero-order valence-corrected chi connectivity index (χ0v) is 6.48. The minimum Gasteiger partial charge on any atom is -0.371 e. The maximum atomic E-state index is 12.8. The van der Waals surface area contributed by atoms with E-state index in [1.54, 1.807) is 0 Å². The maximum Gasteiger partial charge on any atom is 0.271 e. The first-order valence-corrected chi connectivity index (χ1v) is 3.08. The molecule has 0 saturated carbocycles. The summed E-state index contributed by atoms with van der Waals surface area (Å²) >= 11 is 0. The van der Waals surface area contributed by atoms with Gasteiger partial charge >= 0.3 is 0 Å². The van der Waals surface area contributed by atoms with Crippen LogP contribution in [0.2, 0.25) is 0 Å². The Morgan fingerprint density at radius 1 is 1.00 bits per heavy atom. The molecule has 6 heteroatoms. The molecule has 1 heterocycles. The van der Waals surface area contributed by atoms with Crippen LogP contribution in [-0.4, -0.2) is 24.3 Å². The van der Waals surface area contributed by atoms with E-state index in [1.807, 2.05) is 0 Å². The van der Waals surface area contributed by atoms with Crippen molar-refractivity contribution in [2.75, 3.05) is 19.0 Å². The summed E-state index contributed by atoms with van der Waals surface area (Å²) in [5.41, 5.74) is -0.525. The highest BCUT2D eigenvalue weighted by molar-refractivity contribution is 5.44. The van der Waals surface area contributed by atoms with Gasteiger partial charge in [0.2, 0.25) is 5.82 Å². The fourth-order valence-electron chi connectivity index (χ4n) is 0.748. The molecular weight excluding hydrogens is 171 g/mol. The van der Waals surface area contributed by atoms with Gasteiger partial charge in [0.05, 0.1) is 0 Å². The molecule has 66 valence electrons. The second-order valence-corrected chi connectivity index (χ2v) is 2.34. The third-order valence-corrected chi connectivity index (χ3v) is 1.26. The molecule has 0 aromatic carbocycles. The number of nitrogens with zero attached hydrogens (tertiary/aromatic N) is 3. The van der Waals surface area contributed by atoms with Crippen molar-refractivity contribution in [3.8, 4) is 0 Å². The summed E-state index contributed by atoms with van der Waals surface area (Å²) < 4.78 is 37.8. The van der Waals surface area contributed by atoms with Crippen molar-refractivity contribution in [3.05, 3.63) is 17.7 Å². The Balaban J connectivity index is 3.33. The monoisotopic (exact) mass is 177 g/mol. The van der Waals surface area contributed by atoms with Gasteiger partial charge in [0.15, 0.2) is 0 Å². The van der Waals surface area contributed by atoms with Crippen LogP contribution >= 0.6 is 0 Å². The number of rotatable bonds is 1. The highest BCUT2D eigenvalue weighted by Gasteiger charge is 2.17. The summed E-state index contributed by atoms with van der Waals surface area (Å²) in [6.45, 7) is 0. The van der Waals surface area contributed by atoms with Crippen molar-refractivity contribution in [3.63, 3.8) is 0 Å². The van der Waals surface area contributed by atoms with Gasteiger partial charge in [-0.25, -0.2) is 0 Å². The maximum absolute atomic E-state index is 12.8. The summed E-state index contributed by atoms with van der Waals surface area (Å²) in [4.78, 5) is 1.09. The summed E-state index contributed by atoms with van der Waals surface area (Å²) in [7, 11) is 2.76. The van der Waals surface area contributed by atoms with E-state index in [0.717, 1.165) is 4.90 Å². The molecule has 1 rings (SSSR count). The molecule has 0 unspecified atom stereocenters. The predicted molar refractivity (Wildman–Crippen MR) is 36.2 cm³/mol. The fourth-order valence-corrected chi connectivity index (χ4v) is 0.748. The van der Waals surface area contributed by atoms with E-state index < -0.39 is 23.4 Å². The molecule has 3 nitrogen and oxygen atoms in total. The van der Waals surface area contributed by atoms with Crippen molar-refractivity contribution >= 4 is 5.69 Å². The molecule has 0 fully saturated rings.